The number of nitrogens with one attached hydrogen (secondary N) is 2. The van der Waals surface area contributed by atoms with Crippen LogP contribution in [0.1, 0.15) is 25.0 Å². The average Bonchev–Trinajstić information content (AvgIpc) is 2.71. The quantitative estimate of drug-likeness (QED) is 0.602. The highest BCUT2D eigenvalue weighted by atomic mass is 16.5. The van der Waals surface area contributed by atoms with Gasteiger partial charge < -0.3 is 20.5 Å². The summed E-state index contributed by atoms with van der Waals surface area (Å²) >= 11 is 0. The first-order valence-electron chi connectivity index (χ1n) is 9.41. The Hall–Kier alpha value is -3.35. The van der Waals surface area contributed by atoms with Crippen LogP contribution in [0.5, 0.6) is 0 Å². The number of ether oxygens (including phenoxy) is 1. The van der Waals surface area contributed by atoms with Gasteiger partial charge in [-0.05, 0) is 17.0 Å². The standard InChI is InChI=1S/C22H26N2O5/c1-15(2)19(24-22(28)29-14-17-11-7-4-8-12-17)20(25)23-18(21(26)27)13-16-9-5-3-6-10-16/h3-12,15,18-19H,13-14H2,1-2H3,(H,23,25)(H,24,28)(H,26,27). The van der Waals surface area contributed by atoms with E-state index >= 15 is 0 Å². The number of carbonyl (C=O) groups is 3. The topological polar surface area (TPSA) is 105 Å². The van der Waals surface area contributed by atoms with Crippen molar-refractivity contribution < 1.29 is 24.2 Å². The summed E-state index contributed by atoms with van der Waals surface area (Å²) in [5.41, 5.74) is 1.61. The zero-order chi connectivity index (χ0) is 21.2. The van der Waals surface area contributed by atoms with E-state index in [1.165, 1.54) is 0 Å². The number of amides is 2. The van der Waals surface area contributed by atoms with Crippen LogP contribution in [-0.4, -0.2) is 35.2 Å². The lowest BCUT2D eigenvalue weighted by atomic mass is 10.0. The van der Waals surface area contributed by atoms with Gasteiger partial charge in [0.2, 0.25) is 5.91 Å². The Kier molecular flexibility index (Phi) is 8.21. The molecule has 2 rings (SSSR count). The highest BCUT2D eigenvalue weighted by Gasteiger charge is 2.29. The van der Waals surface area contributed by atoms with Crippen LogP contribution in [0.25, 0.3) is 0 Å². The van der Waals surface area contributed by atoms with Crippen molar-refractivity contribution in [2.75, 3.05) is 0 Å². The number of hydrogen-bond acceptors (Lipinski definition) is 4. The van der Waals surface area contributed by atoms with Gasteiger partial charge in [-0.25, -0.2) is 9.59 Å². The molecule has 0 aliphatic rings. The molecule has 0 bridgehead atoms. The number of benzene rings is 2. The number of carboxylic acid groups (broad SMARTS) is 1. The molecular weight excluding hydrogens is 372 g/mol. The molecule has 0 saturated heterocycles. The molecule has 2 atom stereocenters. The molecule has 3 N–H and O–H groups in total. The Balaban J connectivity index is 1.96. The van der Waals surface area contributed by atoms with Crippen LogP contribution in [-0.2, 0) is 27.4 Å². The van der Waals surface area contributed by atoms with E-state index in [2.05, 4.69) is 10.6 Å². The maximum absolute atomic E-state index is 12.7. The highest BCUT2D eigenvalue weighted by molar-refractivity contribution is 5.89. The van der Waals surface area contributed by atoms with E-state index in [0.29, 0.717) is 0 Å². The van der Waals surface area contributed by atoms with E-state index in [9.17, 15) is 19.5 Å². The lowest BCUT2D eigenvalue weighted by molar-refractivity contribution is -0.142. The average molecular weight is 398 g/mol. The second-order valence-electron chi connectivity index (χ2n) is 7.02. The number of hydrogen-bond donors (Lipinski definition) is 3. The molecule has 0 radical (unpaired) electrons. The smallest absolute Gasteiger partial charge is 0.408 e. The summed E-state index contributed by atoms with van der Waals surface area (Å²) in [5.74, 6) is -1.97. The first-order valence-corrected chi connectivity index (χ1v) is 9.41. The summed E-state index contributed by atoms with van der Waals surface area (Å²) in [6.07, 6.45) is -0.594. The van der Waals surface area contributed by atoms with E-state index in [4.69, 9.17) is 4.74 Å². The van der Waals surface area contributed by atoms with Gasteiger partial charge in [0.1, 0.15) is 18.7 Å². The molecule has 7 heteroatoms. The predicted molar refractivity (Wildman–Crippen MR) is 108 cm³/mol. The fraction of sp³-hybridized carbons (Fsp3) is 0.318. The van der Waals surface area contributed by atoms with Crippen LogP contribution in [0, 0.1) is 5.92 Å². The molecule has 0 aliphatic carbocycles. The second-order valence-corrected chi connectivity index (χ2v) is 7.02. The third kappa shape index (κ3) is 7.29. The van der Waals surface area contributed by atoms with Crippen LogP contribution >= 0.6 is 0 Å². The van der Waals surface area contributed by atoms with Crippen molar-refractivity contribution >= 4 is 18.0 Å². The van der Waals surface area contributed by atoms with Gasteiger partial charge >= 0.3 is 12.1 Å². The minimum Gasteiger partial charge on any atom is -0.480 e. The van der Waals surface area contributed by atoms with Gasteiger partial charge in [-0.1, -0.05) is 74.5 Å². The second kappa shape index (κ2) is 10.8. The number of carbonyl (C=O) groups excluding carboxylic acids is 2. The molecule has 0 saturated carbocycles. The van der Waals surface area contributed by atoms with Crippen LogP contribution in [0.4, 0.5) is 4.79 Å². The van der Waals surface area contributed by atoms with E-state index in [0.717, 1.165) is 11.1 Å². The van der Waals surface area contributed by atoms with E-state index in [1.54, 1.807) is 38.1 Å². The van der Waals surface area contributed by atoms with Crippen LogP contribution in [0.15, 0.2) is 60.7 Å². The van der Waals surface area contributed by atoms with Crippen LogP contribution < -0.4 is 10.6 Å². The molecule has 0 spiro atoms. The molecule has 2 amide bonds. The van der Waals surface area contributed by atoms with Crippen LogP contribution in [0.3, 0.4) is 0 Å². The number of carboxylic acids is 1. The number of aliphatic carboxylic acids is 1. The fourth-order valence-corrected chi connectivity index (χ4v) is 2.74. The minimum atomic E-state index is -1.14. The van der Waals surface area contributed by atoms with E-state index in [1.807, 2.05) is 36.4 Å². The first-order chi connectivity index (χ1) is 13.9. The third-order valence-electron chi connectivity index (χ3n) is 4.33. The molecule has 0 fully saturated rings. The van der Waals surface area contributed by atoms with Crippen molar-refractivity contribution in [3.05, 3.63) is 71.8 Å². The van der Waals surface area contributed by atoms with Crippen molar-refractivity contribution in [1.29, 1.82) is 0 Å². The number of alkyl carbamates (subject to hydrolysis) is 1. The van der Waals surface area contributed by atoms with Crippen molar-refractivity contribution in [1.82, 2.24) is 10.6 Å². The molecule has 0 heterocycles. The van der Waals surface area contributed by atoms with Crippen molar-refractivity contribution in [2.45, 2.75) is 39.0 Å². The van der Waals surface area contributed by atoms with Crippen LogP contribution in [0.2, 0.25) is 0 Å². The zero-order valence-electron chi connectivity index (χ0n) is 16.5. The van der Waals surface area contributed by atoms with Gasteiger partial charge in [0.15, 0.2) is 0 Å². The van der Waals surface area contributed by atoms with Gasteiger partial charge in [-0.3, -0.25) is 4.79 Å². The normalized spacial score (nSPS) is 12.7. The molecule has 2 aromatic rings. The SMILES string of the molecule is CC(C)C(NC(=O)OCc1ccccc1)C(=O)NC(Cc1ccccc1)C(=O)O. The summed E-state index contributed by atoms with van der Waals surface area (Å²) in [5, 5.41) is 14.5. The van der Waals surface area contributed by atoms with Gasteiger partial charge in [0.05, 0.1) is 0 Å². The van der Waals surface area contributed by atoms with E-state index < -0.39 is 30.1 Å². The van der Waals surface area contributed by atoms with Crippen molar-refractivity contribution in [3.63, 3.8) is 0 Å². The monoisotopic (exact) mass is 398 g/mol. The molecule has 29 heavy (non-hydrogen) atoms. The van der Waals surface area contributed by atoms with Gasteiger partial charge in [-0.2, -0.15) is 0 Å². The Morgan fingerprint density at radius 2 is 1.45 bits per heavy atom. The lowest BCUT2D eigenvalue weighted by Gasteiger charge is -2.24. The molecule has 0 aliphatic heterocycles. The van der Waals surface area contributed by atoms with Gasteiger partial charge in [0.25, 0.3) is 0 Å². The predicted octanol–water partition coefficient (Wildman–Crippen LogP) is 2.75. The molecule has 2 aromatic carbocycles. The maximum Gasteiger partial charge on any atom is 0.408 e. The summed E-state index contributed by atoms with van der Waals surface area (Å²) in [6, 6.07) is 16.2. The lowest BCUT2D eigenvalue weighted by Crippen LogP contribution is -2.54. The van der Waals surface area contributed by atoms with Crippen molar-refractivity contribution in [2.24, 2.45) is 5.92 Å². The van der Waals surface area contributed by atoms with Crippen molar-refractivity contribution in [3.8, 4) is 0 Å². The molecule has 0 aromatic heterocycles. The largest absolute Gasteiger partial charge is 0.480 e. The third-order valence-corrected chi connectivity index (χ3v) is 4.33. The summed E-state index contributed by atoms with van der Waals surface area (Å²) in [4.78, 5) is 36.4. The Morgan fingerprint density at radius 3 is 1.97 bits per heavy atom. The Morgan fingerprint density at radius 1 is 0.897 bits per heavy atom. The highest BCUT2D eigenvalue weighted by Crippen LogP contribution is 2.08. The summed E-state index contributed by atoms with van der Waals surface area (Å²) < 4.78 is 5.16. The molecule has 7 nitrogen and oxygen atoms in total. The molecular formula is C22H26N2O5. The summed E-state index contributed by atoms with van der Waals surface area (Å²) in [6.45, 7) is 3.59. The van der Waals surface area contributed by atoms with Gasteiger partial charge in [0, 0.05) is 6.42 Å². The summed E-state index contributed by atoms with van der Waals surface area (Å²) in [7, 11) is 0. The van der Waals surface area contributed by atoms with E-state index in [-0.39, 0.29) is 18.9 Å². The molecule has 2 unspecified atom stereocenters. The Bertz CT molecular complexity index is 808. The zero-order valence-corrected chi connectivity index (χ0v) is 16.5. The number of rotatable bonds is 9. The van der Waals surface area contributed by atoms with Gasteiger partial charge in [-0.15, -0.1) is 0 Å². The first kappa shape index (κ1) is 21.9. The molecule has 154 valence electrons. The minimum absolute atomic E-state index is 0.0743. The fourth-order valence-electron chi connectivity index (χ4n) is 2.74. The maximum atomic E-state index is 12.7. The Labute approximate surface area is 170 Å².